The fraction of sp³-hybridized carbons (Fsp3) is 0.267. The molecule has 122 valence electrons. The van der Waals surface area contributed by atoms with E-state index in [9.17, 15) is 9.59 Å². The summed E-state index contributed by atoms with van der Waals surface area (Å²) in [6, 6.07) is 5.51. The third-order valence-corrected chi connectivity index (χ3v) is 2.76. The lowest BCUT2D eigenvalue weighted by Crippen LogP contribution is -2.14. The summed E-state index contributed by atoms with van der Waals surface area (Å²) in [6.07, 6.45) is -0.147. The van der Waals surface area contributed by atoms with Crippen molar-refractivity contribution in [1.29, 1.82) is 0 Å². The molecule has 0 aliphatic heterocycles. The predicted octanol–water partition coefficient (Wildman–Crippen LogP) is 2.42. The lowest BCUT2D eigenvalue weighted by atomic mass is 10.2. The number of carbonyl (C=O) groups excluding carboxylic acids is 1. The van der Waals surface area contributed by atoms with Gasteiger partial charge in [-0.05, 0) is 37.2 Å². The van der Waals surface area contributed by atoms with Crippen molar-refractivity contribution in [3.63, 3.8) is 0 Å². The normalized spacial score (nSPS) is 10.4. The average Bonchev–Trinajstić information content (AvgIpc) is 2.97. The van der Waals surface area contributed by atoms with E-state index < -0.39 is 11.9 Å². The first kappa shape index (κ1) is 16.3. The monoisotopic (exact) mass is 320 g/mol. The minimum Gasteiger partial charge on any atom is -0.489 e. The summed E-state index contributed by atoms with van der Waals surface area (Å²) in [5.41, 5.74) is 0.241. The number of hydrogen-bond acceptors (Lipinski definition) is 6. The van der Waals surface area contributed by atoms with E-state index in [1.165, 1.54) is 31.4 Å². The first-order valence-electron chi connectivity index (χ1n) is 6.76. The Morgan fingerprint density at radius 2 is 2.04 bits per heavy atom. The van der Waals surface area contributed by atoms with Gasteiger partial charge in [0.1, 0.15) is 5.75 Å². The number of methoxy groups -OCH3 is 1. The van der Waals surface area contributed by atoms with E-state index in [4.69, 9.17) is 19.1 Å². The number of nitrogens with one attached hydrogen (secondary N) is 1. The molecule has 0 unspecified atom stereocenters. The first-order chi connectivity index (χ1) is 10.9. The Morgan fingerprint density at radius 3 is 2.61 bits per heavy atom. The van der Waals surface area contributed by atoms with E-state index in [0.29, 0.717) is 5.75 Å². The zero-order chi connectivity index (χ0) is 17.0. The highest BCUT2D eigenvalue weighted by Gasteiger charge is 2.17. The van der Waals surface area contributed by atoms with Gasteiger partial charge in [0, 0.05) is 0 Å². The zero-order valence-corrected chi connectivity index (χ0v) is 12.8. The third-order valence-electron chi connectivity index (χ3n) is 2.76. The molecule has 1 aromatic heterocycles. The number of aromatic carboxylic acids is 1. The maximum absolute atomic E-state index is 12.2. The van der Waals surface area contributed by atoms with Gasteiger partial charge in [-0.25, -0.2) is 4.79 Å². The van der Waals surface area contributed by atoms with Gasteiger partial charge in [0.15, 0.2) is 0 Å². The van der Waals surface area contributed by atoms with Crippen LogP contribution in [0.15, 0.2) is 28.8 Å². The molecule has 0 aliphatic rings. The van der Waals surface area contributed by atoms with Crippen molar-refractivity contribution in [2.24, 2.45) is 0 Å². The molecule has 2 rings (SSSR count). The van der Waals surface area contributed by atoms with Gasteiger partial charge in [-0.1, -0.05) is 0 Å². The lowest BCUT2D eigenvalue weighted by molar-refractivity contribution is 0.0696. The second-order valence-corrected chi connectivity index (χ2v) is 4.87. The van der Waals surface area contributed by atoms with E-state index in [0.717, 1.165) is 0 Å². The van der Waals surface area contributed by atoms with Crippen LogP contribution in [0.3, 0.4) is 0 Å². The molecule has 0 saturated heterocycles. The number of aromatic nitrogens is 1. The summed E-state index contributed by atoms with van der Waals surface area (Å²) < 4.78 is 15.2. The van der Waals surface area contributed by atoms with E-state index in [2.05, 4.69) is 10.5 Å². The van der Waals surface area contributed by atoms with Crippen LogP contribution in [0.5, 0.6) is 11.6 Å². The van der Waals surface area contributed by atoms with Gasteiger partial charge in [-0.3, -0.25) is 4.79 Å². The average molecular weight is 320 g/mol. The topological polar surface area (TPSA) is 111 Å². The number of anilines is 1. The summed E-state index contributed by atoms with van der Waals surface area (Å²) in [5.74, 6) is -1.27. The molecule has 1 amide bonds. The number of nitrogens with zero attached hydrogens (tertiary/aromatic N) is 1. The largest absolute Gasteiger partial charge is 0.489 e. The van der Waals surface area contributed by atoms with Crippen LogP contribution in [-0.2, 0) is 0 Å². The number of ether oxygens (including phenoxy) is 2. The van der Waals surface area contributed by atoms with E-state index >= 15 is 0 Å². The zero-order valence-electron chi connectivity index (χ0n) is 12.8. The van der Waals surface area contributed by atoms with Gasteiger partial charge < -0.3 is 24.4 Å². The van der Waals surface area contributed by atoms with Crippen LogP contribution in [0.25, 0.3) is 0 Å². The Hall–Kier alpha value is -3.03. The van der Waals surface area contributed by atoms with Crippen LogP contribution in [0.1, 0.15) is 34.8 Å². The Bertz CT molecular complexity index is 723. The summed E-state index contributed by atoms with van der Waals surface area (Å²) >= 11 is 0. The summed E-state index contributed by atoms with van der Waals surface area (Å²) in [6.45, 7) is 3.63. The fourth-order valence-corrected chi connectivity index (χ4v) is 1.76. The molecule has 0 spiro atoms. The molecule has 2 aromatic rings. The Labute approximate surface area is 132 Å². The number of carboxylic acids is 1. The van der Waals surface area contributed by atoms with Crippen molar-refractivity contribution in [1.82, 2.24) is 5.16 Å². The van der Waals surface area contributed by atoms with Crippen LogP contribution in [0, 0.1) is 0 Å². The molecular formula is C15H16N2O6. The smallest absolute Gasteiger partial charge is 0.335 e. The standard InChI is InChI=1S/C15H16N2O6/c1-8(2)22-11-5-4-9(15(19)20)6-10(11)16-14(18)12-7-13(21-3)17-23-12/h4-8H,1-3H3,(H,16,18)(H,19,20). The van der Waals surface area contributed by atoms with Crippen LogP contribution < -0.4 is 14.8 Å². The molecule has 1 heterocycles. The van der Waals surface area contributed by atoms with Crippen LogP contribution in [0.4, 0.5) is 5.69 Å². The second kappa shape index (κ2) is 6.82. The van der Waals surface area contributed by atoms with E-state index in [1.807, 2.05) is 13.8 Å². The number of carbonyl (C=O) groups is 2. The third kappa shape index (κ3) is 4.00. The predicted molar refractivity (Wildman–Crippen MR) is 80.2 cm³/mol. The van der Waals surface area contributed by atoms with Crippen LogP contribution in [-0.4, -0.2) is 35.4 Å². The molecule has 0 radical (unpaired) electrons. The molecular weight excluding hydrogens is 304 g/mol. The molecule has 0 bridgehead atoms. The number of carboxylic acid groups (broad SMARTS) is 1. The molecule has 0 aliphatic carbocycles. The molecule has 0 saturated carbocycles. The molecule has 8 nitrogen and oxygen atoms in total. The first-order valence-corrected chi connectivity index (χ1v) is 6.76. The van der Waals surface area contributed by atoms with Gasteiger partial charge in [0.25, 0.3) is 11.8 Å². The molecule has 0 fully saturated rings. The van der Waals surface area contributed by atoms with Crippen molar-refractivity contribution in [2.75, 3.05) is 12.4 Å². The maximum atomic E-state index is 12.2. The van der Waals surface area contributed by atoms with Crippen molar-refractivity contribution >= 4 is 17.6 Å². The van der Waals surface area contributed by atoms with Crippen molar-refractivity contribution in [2.45, 2.75) is 20.0 Å². The highest BCUT2D eigenvalue weighted by Crippen LogP contribution is 2.28. The molecule has 2 N–H and O–H groups in total. The number of rotatable bonds is 6. The minimum atomic E-state index is -1.11. The number of benzene rings is 1. The number of hydrogen-bond donors (Lipinski definition) is 2. The van der Waals surface area contributed by atoms with E-state index in [1.54, 1.807) is 0 Å². The van der Waals surface area contributed by atoms with Gasteiger partial charge in [0.2, 0.25) is 5.76 Å². The SMILES string of the molecule is COc1cc(C(=O)Nc2cc(C(=O)O)ccc2OC(C)C)on1. The van der Waals surface area contributed by atoms with Crippen LogP contribution >= 0.6 is 0 Å². The quantitative estimate of drug-likeness (QED) is 0.840. The highest BCUT2D eigenvalue weighted by molar-refractivity contribution is 6.04. The van der Waals surface area contributed by atoms with E-state index in [-0.39, 0.29) is 29.0 Å². The van der Waals surface area contributed by atoms with Crippen molar-refractivity contribution in [3.05, 3.63) is 35.6 Å². The van der Waals surface area contributed by atoms with Gasteiger partial charge in [0.05, 0.1) is 30.5 Å². The fourth-order valence-electron chi connectivity index (χ4n) is 1.76. The molecule has 1 aromatic carbocycles. The van der Waals surface area contributed by atoms with Gasteiger partial charge in [-0.2, -0.15) is 0 Å². The van der Waals surface area contributed by atoms with Gasteiger partial charge >= 0.3 is 5.97 Å². The summed E-state index contributed by atoms with van der Waals surface area (Å²) in [4.78, 5) is 23.2. The van der Waals surface area contributed by atoms with Gasteiger partial charge in [-0.15, -0.1) is 0 Å². The summed E-state index contributed by atoms with van der Waals surface area (Å²) in [7, 11) is 1.39. The molecule has 23 heavy (non-hydrogen) atoms. The highest BCUT2D eigenvalue weighted by atomic mass is 16.5. The lowest BCUT2D eigenvalue weighted by Gasteiger charge is -2.15. The summed E-state index contributed by atoms with van der Waals surface area (Å²) in [5, 5.41) is 15.1. The molecule has 8 heteroatoms. The van der Waals surface area contributed by atoms with Crippen molar-refractivity contribution in [3.8, 4) is 11.6 Å². The Balaban J connectivity index is 2.29. The Morgan fingerprint density at radius 1 is 1.30 bits per heavy atom. The Kier molecular flexibility index (Phi) is 4.85. The van der Waals surface area contributed by atoms with Crippen molar-refractivity contribution < 1.29 is 28.7 Å². The molecule has 0 atom stereocenters. The second-order valence-electron chi connectivity index (χ2n) is 4.87. The van der Waals surface area contributed by atoms with Crippen LogP contribution in [0.2, 0.25) is 0 Å². The number of amides is 1. The maximum Gasteiger partial charge on any atom is 0.335 e. The minimum absolute atomic E-state index is 0.0200.